The SMILES string of the molecule is COc1ccc(C(N)CNC(C)C)c(OC)c1. The van der Waals surface area contributed by atoms with Gasteiger partial charge in [-0.05, 0) is 6.07 Å². The van der Waals surface area contributed by atoms with E-state index in [0.717, 1.165) is 23.6 Å². The summed E-state index contributed by atoms with van der Waals surface area (Å²) >= 11 is 0. The molecule has 1 rings (SSSR count). The molecule has 96 valence electrons. The Bertz CT molecular complexity index is 353. The van der Waals surface area contributed by atoms with Crippen molar-refractivity contribution in [1.29, 1.82) is 0 Å². The van der Waals surface area contributed by atoms with E-state index >= 15 is 0 Å². The van der Waals surface area contributed by atoms with Crippen LogP contribution in [-0.4, -0.2) is 26.8 Å². The molecule has 1 unspecified atom stereocenters. The Balaban J connectivity index is 2.81. The second-order valence-corrected chi connectivity index (χ2v) is 4.28. The molecule has 0 amide bonds. The molecule has 17 heavy (non-hydrogen) atoms. The first-order chi connectivity index (χ1) is 8.08. The van der Waals surface area contributed by atoms with E-state index in [4.69, 9.17) is 15.2 Å². The van der Waals surface area contributed by atoms with Gasteiger partial charge in [-0.2, -0.15) is 0 Å². The minimum Gasteiger partial charge on any atom is -0.497 e. The van der Waals surface area contributed by atoms with Crippen LogP contribution in [0.2, 0.25) is 0 Å². The van der Waals surface area contributed by atoms with Gasteiger partial charge in [0.15, 0.2) is 0 Å². The average molecular weight is 238 g/mol. The molecule has 0 bridgehead atoms. The fourth-order valence-corrected chi connectivity index (χ4v) is 1.60. The van der Waals surface area contributed by atoms with Crippen LogP contribution in [0, 0.1) is 0 Å². The second-order valence-electron chi connectivity index (χ2n) is 4.28. The molecule has 0 aromatic heterocycles. The number of ether oxygens (including phenoxy) is 2. The second kappa shape index (κ2) is 6.47. The molecule has 3 N–H and O–H groups in total. The zero-order valence-electron chi connectivity index (χ0n) is 11.0. The zero-order chi connectivity index (χ0) is 12.8. The Hall–Kier alpha value is -1.26. The third kappa shape index (κ3) is 3.91. The Morgan fingerprint density at radius 1 is 1.24 bits per heavy atom. The summed E-state index contributed by atoms with van der Waals surface area (Å²) in [5, 5.41) is 3.31. The molecule has 0 heterocycles. The highest BCUT2D eigenvalue weighted by Gasteiger charge is 2.12. The van der Waals surface area contributed by atoms with Gasteiger partial charge in [-0.3, -0.25) is 0 Å². The lowest BCUT2D eigenvalue weighted by atomic mass is 10.1. The predicted molar refractivity (Wildman–Crippen MR) is 69.6 cm³/mol. The van der Waals surface area contributed by atoms with Crippen LogP contribution in [0.25, 0.3) is 0 Å². The van der Waals surface area contributed by atoms with E-state index in [-0.39, 0.29) is 6.04 Å². The van der Waals surface area contributed by atoms with E-state index in [1.54, 1.807) is 14.2 Å². The van der Waals surface area contributed by atoms with Gasteiger partial charge in [-0.25, -0.2) is 0 Å². The summed E-state index contributed by atoms with van der Waals surface area (Å²) in [6.45, 7) is 4.91. The van der Waals surface area contributed by atoms with Gasteiger partial charge in [0.05, 0.1) is 14.2 Å². The van der Waals surface area contributed by atoms with Gasteiger partial charge in [0.2, 0.25) is 0 Å². The molecule has 4 heteroatoms. The molecule has 1 aromatic rings. The van der Waals surface area contributed by atoms with Crippen LogP contribution in [0.5, 0.6) is 11.5 Å². The number of nitrogens with one attached hydrogen (secondary N) is 1. The van der Waals surface area contributed by atoms with E-state index in [9.17, 15) is 0 Å². The molecule has 4 nitrogen and oxygen atoms in total. The first-order valence-electron chi connectivity index (χ1n) is 5.79. The third-order valence-electron chi connectivity index (χ3n) is 2.59. The summed E-state index contributed by atoms with van der Waals surface area (Å²) in [6, 6.07) is 6.03. The monoisotopic (exact) mass is 238 g/mol. The Morgan fingerprint density at radius 3 is 2.47 bits per heavy atom. The van der Waals surface area contributed by atoms with Crippen molar-refractivity contribution in [3.05, 3.63) is 23.8 Å². The molecule has 0 radical (unpaired) electrons. The summed E-state index contributed by atoms with van der Waals surface area (Å²) in [6.07, 6.45) is 0. The average Bonchev–Trinajstić information content (AvgIpc) is 2.34. The number of benzene rings is 1. The molecule has 0 aliphatic rings. The van der Waals surface area contributed by atoms with Crippen molar-refractivity contribution in [3.8, 4) is 11.5 Å². The minimum absolute atomic E-state index is 0.0849. The van der Waals surface area contributed by atoms with Crippen LogP contribution in [0.4, 0.5) is 0 Å². The Labute approximate surface area is 103 Å². The van der Waals surface area contributed by atoms with Crippen molar-refractivity contribution in [3.63, 3.8) is 0 Å². The summed E-state index contributed by atoms with van der Waals surface area (Å²) < 4.78 is 10.5. The number of methoxy groups -OCH3 is 2. The van der Waals surface area contributed by atoms with Crippen LogP contribution in [0.1, 0.15) is 25.5 Å². The maximum absolute atomic E-state index is 6.13. The normalized spacial score (nSPS) is 12.6. The quantitative estimate of drug-likeness (QED) is 0.792. The zero-order valence-corrected chi connectivity index (χ0v) is 11.0. The Morgan fingerprint density at radius 2 is 1.94 bits per heavy atom. The molecule has 0 fully saturated rings. The Kier molecular flexibility index (Phi) is 5.25. The van der Waals surface area contributed by atoms with E-state index in [2.05, 4.69) is 19.2 Å². The standard InChI is InChI=1S/C13H22N2O2/c1-9(2)15-8-12(14)11-6-5-10(16-3)7-13(11)17-4/h5-7,9,12,15H,8,14H2,1-4H3. The van der Waals surface area contributed by atoms with Gasteiger partial charge in [-0.15, -0.1) is 0 Å². The van der Waals surface area contributed by atoms with Gasteiger partial charge in [0, 0.05) is 30.3 Å². The van der Waals surface area contributed by atoms with E-state index in [1.165, 1.54) is 0 Å². The fraction of sp³-hybridized carbons (Fsp3) is 0.538. The highest BCUT2D eigenvalue weighted by atomic mass is 16.5. The fourth-order valence-electron chi connectivity index (χ4n) is 1.60. The van der Waals surface area contributed by atoms with E-state index in [0.29, 0.717) is 6.04 Å². The number of rotatable bonds is 6. The molecule has 0 spiro atoms. The number of hydrogen-bond donors (Lipinski definition) is 2. The van der Waals surface area contributed by atoms with Gasteiger partial charge >= 0.3 is 0 Å². The van der Waals surface area contributed by atoms with Crippen LogP contribution < -0.4 is 20.5 Å². The summed E-state index contributed by atoms with van der Waals surface area (Å²) in [4.78, 5) is 0. The van der Waals surface area contributed by atoms with E-state index < -0.39 is 0 Å². The van der Waals surface area contributed by atoms with Crippen LogP contribution in [-0.2, 0) is 0 Å². The van der Waals surface area contributed by atoms with Crippen molar-refractivity contribution >= 4 is 0 Å². The maximum atomic E-state index is 6.13. The summed E-state index contributed by atoms with van der Waals surface area (Å²) in [7, 11) is 3.27. The minimum atomic E-state index is -0.0849. The first-order valence-corrected chi connectivity index (χ1v) is 5.79. The third-order valence-corrected chi connectivity index (χ3v) is 2.59. The lowest BCUT2D eigenvalue weighted by Gasteiger charge is -2.18. The highest BCUT2D eigenvalue weighted by molar-refractivity contribution is 5.42. The van der Waals surface area contributed by atoms with Crippen molar-refractivity contribution in [1.82, 2.24) is 5.32 Å². The summed E-state index contributed by atoms with van der Waals surface area (Å²) in [5.41, 5.74) is 7.12. The van der Waals surface area contributed by atoms with Crippen molar-refractivity contribution in [2.45, 2.75) is 25.9 Å². The van der Waals surface area contributed by atoms with Crippen molar-refractivity contribution in [2.24, 2.45) is 5.73 Å². The van der Waals surface area contributed by atoms with Gasteiger partial charge in [-0.1, -0.05) is 19.9 Å². The number of hydrogen-bond acceptors (Lipinski definition) is 4. The number of nitrogens with two attached hydrogens (primary N) is 1. The molecule has 0 saturated heterocycles. The summed E-state index contributed by atoms with van der Waals surface area (Å²) in [5.74, 6) is 1.54. The molecule has 1 aromatic carbocycles. The first kappa shape index (κ1) is 13.8. The topological polar surface area (TPSA) is 56.5 Å². The lowest BCUT2D eigenvalue weighted by molar-refractivity contribution is 0.387. The van der Waals surface area contributed by atoms with E-state index in [1.807, 2.05) is 18.2 Å². The van der Waals surface area contributed by atoms with Crippen LogP contribution in [0.3, 0.4) is 0 Å². The smallest absolute Gasteiger partial charge is 0.127 e. The lowest BCUT2D eigenvalue weighted by Crippen LogP contribution is -2.31. The van der Waals surface area contributed by atoms with Crippen LogP contribution >= 0.6 is 0 Å². The van der Waals surface area contributed by atoms with Gasteiger partial charge in [0.1, 0.15) is 11.5 Å². The van der Waals surface area contributed by atoms with Crippen LogP contribution in [0.15, 0.2) is 18.2 Å². The molecule has 0 aliphatic heterocycles. The largest absolute Gasteiger partial charge is 0.497 e. The molecule has 1 atom stereocenters. The van der Waals surface area contributed by atoms with Crippen molar-refractivity contribution in [2.75, 3.05) is 20.8 Å². The predicted octanol–water partition coefficient (Wildman–Crippen LogP) is 1.70. The molecule has 0 aliphatic carbocycles. The molecule has 0 saturated carbocycles. The maximum Gasteiger partial charge on any atom is 0.127 e. The highest BCUT2D eigenvalue weighted by Crippen LogP contribution is 2.28. The molecular weight excluding hydrogens is 216 g/mol. The van der Waals surface area contributed by atoms with Gasteiger partial charge in [0.25, 0.3) is 0 Å². The van der Waals surface area contributed by atoms with Crippen molar-refractivity contribution < 1.29 is 9.47 Å². The van der Waals surface area contributed by atoms with Gasteiger partial charge < -0.3 is 20.5 Å². The molecular formula is C13H22N2O2.